The normalized spacial score (nSPS) is 20.8. The summed E-state index contributed by atoms with van der Waals surface area (Å²) in [4.78, 5) is 14.1. The average Bonchev–Trinajstić information content (AvgIpc) is 3.08. The number of rotatable bonds is 8. The number of nitrogens with zero attached hydrogens (tertiary/aromatic N) is 1. The second-order valence-corrected chi connectivity index (χ2v) is 8.36. The zero-order valence-electron chi connectivity index (χ0n) is 15.4. The van der Waals surface area contributed by atoms with E-state index >= 15 is 0 Å². The van der Waals surface area contributed by atoms with Gasteiger partial charge in [-0.2, -0.15) is 4.31 Å². The molecule has 1 aliphatic rings. The van der Waals surface area contributed by atoms with E-state index in [9.17, 15) is 13.2 Å². The van der Waals surface area contributed by atoms with Gasteiger partial charge in [-0.1, -0.05) is 13.8 Å². The van der Waals surface area contributed by atoms with Gasteiger partial charge in [-0.25, -0.2) is 8.42 Å². The van der Waals surface area contributed by atoms with Crippen LogP contribution in [0.15, 0.2) is 29.2 Å². The summed E-state index contributed by atoms with van der Waals surface area (Å²) in [5, 5.41) is 2.99. The molecule has 0 saturated carbocycles. The number of carbonyl (C=O) groups excluding carboxylic acids is 1. The summed E-state index contributed by atoms with van der Waals surface area (Å²) in [6.45, 7) is 9.58. The molecule has 0 spiro atoms. The second kappa shape index (κ2) is 8.78. The maximum absolute atomic E-state index is 12.5. The molecule has 1 fully saturated rings. The highest BCUT2D eigenvalue weighted by Gasteiger charge is 2.27. The molecule has 2 N–H and O–H groups in total. The minimum absolute atomic E-state index is 0.144. The van der Waals surface area contributed by atoms with Gasteiger partial charge >= 0.3 is 0 Å². The van der Waals surface area contributed by atoms with E-state index in [1.54, 1.807) is 17.0 Å². The third kappa shape index (κ3) is 4.59. The van der Waals surface area contributed by atoms with E-state index in [0.717, 1.165) is 13.0 Å². The summed E-state index contributed by atoms with van der Waals surface area (Å²) in [6.07, 6.45) is 2.35. The highest BCUT2D eigenvalue weighted by atomic mass is 32.2. The van der Waals surface area contributed by atoms with Crippen LogP contribution < -0.4 is 10.2 Å². The summed E-state index contributed by atoms with van der Waals surface area (Å²) in [5.74, 6) is -0.144. The first-order chi connectivity index (χ1) is 11.9. The average molecular weight is 369 g/mol. The summed E-state index contributed by atoms with van der Waals surface area (Å²) in [7, 11) is -3.48. The Hall–Kier alpha value is -1.44. The van der Waals surface area contributed by atoms with Gasteiger partial charge in [-0.3, -0.25) is 4.79 Å². The Kier molecular flexibility index (Phi) is 6.98. The zero-order chi connectivity index (χ0) is 18.4. The molecular formula is C18H30N3O3S+. The fourth-order valence-corrected chi connectivity index (χ4v) is 4.96. The van der Waals surface area contributed by atoms with Crippen LogP contribution in [0.2, 0.25) is 0 Å². The highest BCUT2D eigenvalue weighted by molar-refractivity contribution is 7.89. The number of amides is 1. The van der Waals surface area contributed by atoms with Gasteiger partial charge < -0.3 is 10.2 Å². The van der Waals surface area contributed by atoms with Crippen LogP contribution in [0, 0.1) is 0 Å². The van der Waals surface area contributed by atoms with E-state index in [0.29, 0.717) is 31.2 Å². The van der Waals surface area contributed by atoms with Gasteiger partial charge in [0.05, 0.1) is 24.5 Å². The number of hydrogen-bond acceptors (Lipinski definition) is 3. The molecule has 1 aliphatic heterocycles. The van der Waals surface area contributed by atoms with Crippen molar-refractivity contribution in [1.29, 1.82) is 0 Å². The molecule has 1 heterocycles. The molecule has 1 saturated heterocycles. The number of likely N-dealkylation sites (N-methyl/N-ethyl adjacent to an activating group) is 1. The number of benzene rings is 1. The first kappa shape index (κ1) is 19.9. The highest BCUT2D eigenvalue weighted by Crippen LogP contribution is 2.16. The Labute approximate surface area is 151 Å². The Morgan fingerprint density at radius 2 is 1.84 bits per heavy atom. The number of likely N-dealkylation sites (tertiary alicyclic amines) is 1. The third-order valence-electron chi connectivity index (χ3n) is 5.05. The standard InChI is InChI=1S/C18H29N3O3S/c1-4-20-13-7-8-16(20)14-19-18(22)15-9-11-17(12-10-15)25(23,24)21(5-2)6-3/h9-12,16H,4-8,13-14H2,1-3H3,(H,19,22)/p+1/t16-/m0/s1. The van der Waals surface area contributed by atoms with Crippen LogP contribution in [-0.2, 0) is 10.0 Å². The Balaban J connectivity index is 2.00. The second-order valence-electron chi connectivity index (χ2n) is 6.42. The fraction of sp³-hybridized carbons (Fsp3) is 0.611. The van der Waals surface area contributed by atoms with Crippen molar-refractivity contribution in [2.45, 2.75) is 44.6 Å². The van der Waals surface area contributed by atoms with E-state index < -0.39 is 10.0 Å². The van der Waals surface area contributed by atoms with Gasteiger partial charge in [0.2, 0.25) is 10.0 Å². The number of carbonyl (C=O) groups is 1. The predicted molar refractivity (Wildman–Crippen MR) is 98.3 cm³/mol. The molecule has 6 nitrogen and oxygen atoms in total. The lowest BCUT2D eigenvalue weighted by atomic mass is 10.2. The SMILES string of the molecule is CCN(CC)S(=O)(=O)c1ccc(C(=O)NC[C@@H]2CCC[NH+]2CC)cc1. The van der Waals surface area contributed by atoms with Gasteiger partial charge in [-0.05, 0) is 31.2 Å². The molecule has 25 heavy (non-hydrogen) atoms. The van der Waals surface area contributed by atoms with Crippen LogP contribution in [0.25, 0.3) is 0 Å². The van der Waals surface area contributed by atoms with Crippen molar-refractivity contribution >= 4 is 15.9 Å². The molecule has 140 valence electrons. The summed E-state index contributed by atoms with van der Waals surface area (Å²) >= 11 is 0. The van der Waals surface area contributed by atoms with Gasteiger partial charge in [0.1, 0.15) is 6.04 Å². The van der Waals surface area contributed by atoms with E-state index in [2.05, 4.69) is 12.2 Å². The summed E-state index contributed by atoms with van der Waals surface area (Å²) in [5.41, 5.74) is 0.495. The number of hydrogen-bond donors (Lipinski definition) is 2. The molecule has 1 amide bonds. The number of quaternary nitrogens is 1. The molecule has 0 aromatic heterocycles. The monoisotopic (exact) mass is 368 g/mol. The van der Waals surface area contributed by atoms with Crippen LogP contribution in [0.1, 0.15) is 44.0 Å². The Morgan fingerprint density at radius 1 is 1.20 bits per heavy atom. The van der Waals surface area contributed by atoms with E-state index in [4.69, 9.17) is 0 Å². The van der Waals surface area contributed by atoms with E-state index in [1.807, 2.05) is 13.8 Å². The van der Waals surface area contributed by atoms with Crippen LogP contribution in [0.4, 0.5) is 0 Å². The summed E-state index contributed by atoms with van der Waals surface area (Å²) < 4.78 is 26.3. The quantitative estimate of drug-likeness (QED) is 0.703. The lowest BCUT2D eigenvalue weighted by Gasteiger charge is -2.20. The van der Waals surface area contributed by atoms with Crippen molar-refractivity contribution in [2.24, 2.45) is 0 Å². The minimum Gasteiger partial charge on any atom is -0.346 e. The molecule has 2 atom stereocenters. The van der Waals surface area contributed by atoms with Crippen molar-refractivity contribution in [3.8, 4) is 0 Å². The number of nitrogens with one attached hydrogen (secondary N) is 2. The third-order valence-corrected chi connectivity index (χ3v) is 7.11. The van der Waals surface area contributed by atoms with Crippen LogP contribution in [0.5, 0.6) is 0 Å². The maximum atomic E-state index is 12.5. The lowest BCUT2D eigenvalue weighted by molar-refractivity contribution is -0.909. The molecule has 1 aromatic carbocycles. The molecule has 0 radical (unpaired) electrons. The van der Waals surface area contributed by atoms with Gasteiger partial charge in [0, 0.05) is 31.5 Å². The first-order valence-electron chi connectivity index (χ1n) is 9.17. The largest absolute Gasteiger partial charge is 0.346 e. The van der Waals surface area contributed by atoms with Crippen molar-refractivity contribution < 1.29 is 18.1 Å². The topological polar surface area (TPSA) is 70.9 Å². The maximum Gasteiger partial charge on any atom is 0.251 e. The van der Waals surface area contributed by atoms with Crippen molar-refractivity contribution in [2.75, 3.05) is 32.7 Å². The van der Waals surface area contributed by atoms with Crippen molar-refractivity contribution in [1.82, 2.24) is 9.62 Å². The molecule has 0 bridgehead atoms. The van der Waals surface area contributed by atoms with E-state index in [-0.39, 0.29) is 10.8 Å². The fourth-order valence-electron chi connectivity index (χ4n) is 3.50. The molecule has 0 aliphatic carbocycles. The van der Waals surface area contributed by atoms with Gasteiger partial charge in [0.25, 0.3) is 5.91 Å². The minimum atomic E-state index is -3.48. The van der Waals surface area contributed by atoms with Crippen LogP contribution >= 0.6 is 0 Å². The Morgan fingerprint density at radius 3 is 2.40 bits per heavy atom. The van der Waals surface area contributed by atoms with Crippen LogP contribution in [-0.4, -0.2) is 57.4 Å². The van der Waals surface area contributed by atoms with Crippen LogP contribution in [0.3, 0.4) is 0 Å². The molecular weight excluding hydrogens is 338 g/mol. The lowest BCUT2D eigenvalue weighted by Crippen LogP contribution is -3.14. The van der Waals surface area contributed by atoms with Crippen molar-refractivity contribution in [3.63, 3.8) is 0 Å². The molecule has 7 heteroatoms. The number of sulfonamides is 1. The first-order valence-corrected chi connectivity index (χ1v) is 10.6. The Bertz CT molecular complexity index is 669. The van der Waals surface area contributed by atoms with Gasteiger partial charge in [-0.15, -0.1) is 0 Å². The molecule has 2 rings (SSSR count). The molecule has 1 aromatic rings. The van der Waals surface area contributed by atoms with Crippen molar-refractivity contribution in [3.05, 3.63) is 29.8 Å². The smallest absolute Gasteiger partial charge is 0.251 e. The van der Waals surface area contributed by atoms with Gasteiger partial charge in [0.15, 0.2) is 0 Å². The predicted octanol–water partition coefficient (Wildman–Crippen LogP) is 0.514. The summed E-state index contributed by atoms with van der Waals surface area (Å²) in [6, 6.07) is 6.69. The molecule has 1 unspecified atom stereocenters. The zero-order valence-corrected chi connectivity index (χ0v) is 16.2. The van der Waals surface area contributed by atoms with E-state index in [1.165, 1.54) is 29.4 Å².